The lowest BCUT2D eigenvalue weighted by atomic mass is 10.0. The summed E-state index contributed by atoms with van der Waals surface area (Å²) in [6.07, 6.45) is -2.11. The second kappa shape index (κ2) is 5.82. The number of aromatic nitrogens is 4. The number of hydrogen-bond acceptors (Lipinski definition) is 5. The molecule has 0 saturated carbocycles. The highest BCUT2D eigenvalue weighted by atomic mass is 127. The highest BCUT2D eigenvalue weighted by Crippen LogP contribution is 2.25. The van der Waals surface area contributed by atoms with Crippen LogP contribution in [-0.2, 0) is 0 Å². The molecule has 0 aliphatic carbocycles. The average Bonchev–Trinajstić information content (AvgIpc) is 2.81. The number of H-pyrrole nitrogens is 1. The number of carboxylic acid groups (broad SMARTS) is 1. The first kappa shape index (κ1) is 15.2. The Bertz CT molecular complexity index is 723. The normalized spacial score (nSPS) is 22.0. The van der Waals surface area contributed by atoms with Crippen LogP contribution in [0, 0.1) is 10.6 Å². The zero-order valence-corrected chi connectivity index (χ0v) is 13.8. The van der Waals surface area contributed by atoms with E-state index in [1.165, 1.54) is 0 Å². The molecular weight excluding hydrogens is 406 g/mol. The number of rotatable bonds is 2. The van der Waals surface area contributed by atoms with E-state index in [-0.39, 0.29) is 6.54 Å². The summed E-state index contributed by atoms with van der Waals surface area (Å²) >= 11 is 2.07. The molecule has 2 aromatic heterocycles. The third-order valence-corrected chi connectivity index (χ3v) is 4.40. The van der Waals surface area contributed by atoms with Crippen LogP contribution < -0.4 is 10.2 Å². The van der Waals surface area contributed by atoms with E-state index in [4.69, 9.17) is 5.11 Å². The molecule has 1 saturated heterocycles. The molecule has 22 heavy (non-hydrogen) atoms. The van der Waals surface area contributed by atoms with Crippen molar-refractivity contribution in [3.8, 4) is 0 Å². The van der Waals surface area contributed by atoms with Crippen molar-refractivity contribution in [2.24, 2.45) is 0 Å². The van der Waals surface area contributed by atoms with Gasteiger partial charge in [-0.2, -0.15) is 5.10 Å². The summed E-state index contributed by atoms with van der Waals surface area (Å²) in [5.74, 6) is 0.601. The van der Waals surface area contributed by atoms with Crippen LogP contribution in [0.2, 0.25) is 0 Å². The number of anilines is 1. The Morgan fingerprint density at radius 2 is 2.32 bits per heavy atom. The minimum absolute atomic E-state index is 0.0806. The molecule has 3 rings (SSSR count). The number of nitrogens with zero attached hydrogens (tertiary/aromatic N) is 4. The second-order valence-corrected chi connectivity index (χ2v) is 6.17. The van der Waals surface area contributed by atoms with E-state index >= 15 is 0 Å². The third-order valence-electron chi connectivity index (χ3n) is 3.65. The van der Waals surface area contributed by atoms with E-state index in [0.29, 0.717) is 35.6 Å². The van der Waals surface area contributed by atoms with Crippen molar-refractivity contribution in [1.29, 1.82) is 0 Å². The van der Waals surface area contributed by atoms with Gasteiger partial charge in [0.15, 0.2) is 15.2 Å². The van der Waals surface area contributed by atoms with Crippen molar-refractivity contribution in [1.82, 2.24) is 25.5 Å². The zero-order valence-electron chi connectivity index (χ0n) is 11.7. The van der Waals surface area contributed by atoms with Crippen LogP contribution in [0.3, 0.4) is 0 Å². The topological polar surface area (TPSA) is 107 Å². The molecule has 1 amide bonds. The summed E-state index contributed by atoms with van der Waals surface area (Å²) in [4.78, 5) is 21.4. The van der Waals surface area contributed by atoms with Crippen LogP contribution in [-0.4, -0.2) is 56.7 Å². The molecular formula is C12H14FIN6O2. The molecule has 3 heterocycles. The van der Waals surface area contributed by atoms with Gasteiger partial charge in [0, 0.05) is 6.54 Å². The van der Waals surface area contributed by atoms with Crippen molar-refractivity contribution < 1.29 is 14.3 Å². The molecule has 118 valence electrons. The number of hydrogen-bond donors (Lipinski definition) is 3. The Kier molecular flexibility index (Phi) is 4.02. The van der Waals surface area contributed by atoms with Crippen molar-refractivity contribution in [2.45, 2.75) is 25.6 Å². The van der Waals surface area contributed by atoms with E-state index < -0.39 is 18.3 Å². The first-order valence-corrected chi connectivity index (χ1v) is 7.80. The van der Waals surface area contributed by atoms with E-state index in [9.17, 15) is 9.18 Å². The Morgan fingerprint density at radius 1 is 1.55 bits per heavy atom. The summed E-state index contributed by atoms with van der Waals surface area (Å²) in [5.41, 5.74) is 1.95. The fourth-order valence-electron chi connectivity index (χ4n) is 2.61. The first-order valence-electron chi connectivity index (χ1n) is 6.72. The van der Waals surface area contributed by atoms with Crippen molar-refractivity contribution in [3.63, 3.8) is 0 Å². The minimum atomic E-state index is -1.29. The Labute approximate surface area is 138 Å². The average molecular weight is 420 g/mol. The summed E-state index contributed by atoms with van der Waals surface area (Å²) in [6, 6.07) is -0.682. The first-order chi connectivity index (χ1) is 10.5. The van der Waals surface area contributed by atoms with Crippen LogP contribution in [0.1, 0.15) is 12.1 Å². The summed E-state index contributed by atoms with van der Waals surface area (Å²) in [6.45, 7) is 2.41. The maximum atomic E-state index is 14.2. The summed E-state index contributed by atoms with van der Waals surface area (Å²) < 4.78 is 14.9. The van der Waals surface area contributed by atoms with Crippen LogP contribution in [0.15, 0.2) is 0 Å². The molecule has 2 aromatic rings. The van der Waals surface area contributed by atoms with Gasteiger partial charge in [0.1, 0.15) is 11.7 Å². The Morgan fingerprint density at radius 3 is 3.00 bits per heavy atom. The highest BCUT2D eigenvalue weighted by Gasteiger charge is 2.32. The number of aromatic amines is 1. The van der Waals surface area contributed by atoms with Crippen LogP contribution >= 0.6 is 22.6 Å². The maximum absolute atomic E-state index is 14.2. The summed E-state index contributed by atoms with van der Waals surface area (Å²) in [5, 5.41) is 17.8. The van der Waals surface area contributed by atoms with Gasteiger partial charge in [-0.3, -0.25) is 5.10 Å². The smallest absolute Gasteiger partial charge is 0.404 e. The van der Waals surface area contributed by atoms with Crippen LogP contribution in [0.25, 0.3) is 11.2 Å². The fraction of sp³-hybridized carbons (Fsp3) is 0.500. The predicted octanol–water partition coefficient (Wildman–Crippen LogP) is 1.45. The largest absolute Gasteiger partial charge is 0.465 e. The van der Waals surface area contributed by atoms with Gasteiger partial charge in [-0.05, 0) is 35.9 Å². The minimum Gasteiger partial charge on any atom is -0.465 e. The number of carbonyl (C=O) groups is 1. The molecule has 1 aliphatic heterocycles. The zero-order chi connectivity index (χ0) is 15.9. The lowest BCUT2D eigenvalue weighted by molar-refractivity contribution is 0.168. The molecule has 3 N–H and O–H groups in total. The summed E-state index contributed by atoms with van der Waals surface area (Å²) in [7, 11) is 0. The quantitative estimate of drug-likeness (QED) is 0.636. The SMILES string of the molecule is Cc1nc2c(I)n[nH]c2nc1N1CC[C@H](NC(=O)O)[C@H](F)C1. The van der Waals surface area contributed by atoms with Gasteiger partial charge in [-0.15, -0.1) is 0 Å². The fourth-order valence-corrected chi connectivity index (χ4v) is 3.10. The maximum Gasteiger partial charge on any atom is 0.404 e. The Hall–Kier alpha value is -1.72. The lowest BCUT2D eigenvalue weighted by Gasteiger charge is -2.35. The molecule has 1 aliphatic rings. The molecule has 1 fully saturated rings. The van der Waals surface area contributed by atoms with Gasteiger partial charge in [0.25, 0.3) is 0 Å². The predicted molar refractivity (Wildman–Crippen MR) is 85.8 cm³/mol. The van der Waals surface area contributed by atoms with Crippen molar-refractivity contribution >= 4 is 45.7 Å². The van der Waals surface area contributed by atoms with E-state index in [0.717, 1.165) is 3.70 Å². The number of alkyl halides is 1. The Balaban J connectivity index is 1.83. The highest BCUT2D eigenvalue weighted by molar-refractivity contribution is 14.1. The standard InChI is InChI=1S/C12H14FIN6O2/c1-5-11(17-10-8(15-5)9(14)18-19-10)20-3-2-7(6(13)4-20)16-12(21)22/h6-7,16H,2-4H2,1H3,(H,21,22)(H,17,18,19)/t6-,7+/m1/s1. The van der Waals surface area contributed by atoms with Crippen LogP contribution in [0.5, 0.6) is 0 Å². The molecule has 0 bridgehead atoms. The molecule has 0 radical (unpaired) electrons. The number of halogens is 2. The lowest BCUT2D eigenvalue weighted by Crippen LogP contribution is -2.52. The van der Waals surface area contributed by atoms with E-state index in [2.05, 4.69) is 48.1 Å². The molecule has 0 spiro atoms. The van der Waals surface area contributed by atoms with Gasteiger partial charge in [0.05, 0.1) is 18.3 Å². The molecule has 8 nitrogen and oxygen atoms in total. The van der Waals surface area contributed by atoms with E-state index in [1.54, 1.807) is 4.90 Å². The second-order valence-electron chi connectivity index (χ2n) is 5.15. The van der Waals surface area contributed by atoms with Gasteiger partial charge < -0.3 is 15.3 Å². The molecule has 10 heteroatoms. The van der Waals surface area contributed by atoms with Crippen LogP contribution in [0.4, 0.5) is 15.0 Å². The number of fused-ring (bicyclic) bond motifs is 1. The molecule has 0 aromatic carbocycles. The van der Waals surface area contributed by atoms with Crippen molar-refractivity contribution in [2.75, 3.05) is 18.0 Å². The monoisotopic (exact) mass is 420 g/mol. The number of piperidine rings is 1. The van der Waals surface area contributed by atoms with E-state index in [1.807, 2.05) is 6.92 Å². The molecule has 2 atom stereocenters. The van der Waals surface area contributed by atoms with Gasteiger partial charge in [-0.25, -0.2) is 19.2 Å². The van der Waals surface area contributed by atoms with Gasteiger partial charge in [-0.1, -0.05) is 0 Å². The number of amides is 1. The van der Waals surface area contributed by atoms with Crippen molar-refractivity contribution in [3.05, 3.63) is 9.39 Å². The van der Waals surface area contributed by atoms with Gasteiger partial charge in [0.2, 0.25) is 0 Å². The molecule has 0 unspecified atom stereocenters. The van der Waals surface area contributed by atoms with Gasteiger partial charge >= 0.3 is 6.09 Å². The number of nitrogens with one attached hydrogen (secondary N) is 2. The number of aryl methyl sites for hydroxylation is 1. The third kappa shape index (κ3) is 2.78.